The molecule has 186 valence electrons. The van der Waals surface area contributed by atoms with E-state index in [1.165, 1.54) is 32.1 Å². The predicted octanol–water partition coefficient (Wildman–Crippen LogP) is 5.31. The highest BCUT2D eigenvalue weighted by molar-refractivity contribution is 5.93. The van der Waals surface area contributed by atoms with Gasteiger partial charge in [0.25, 0.3) is 0 Å². The van der Waals surface area contributed by atoms with E-state index in [2.05, 4.69) is 47.3 Å². The Kier molecular flexibility index (Phi) is 4.11. The van der Waals surface area contributed by atoms with Crippen LogP contribution in [0.2, 0.25) is 0 Å². The van der Waals surface area contributed by atoms with Gasteiger partial charge in [-0.15, -0.1) is 0 Å². The van der Waals surface area contributed by atoms with Gasteiger partial charge < -0.3 is 14.6 Å². The highest BCUT2D eigenvalue weighted by Crippen LogP contribution is 2.87. The first-order valence-corrected chi connectivity index (χ1v) is 13.9. The average molecular weight is 467 g/mol. The molecule has 4 nitrogen and oxygen atoms in total. The van der Waals surface area contributed by atoms with Crippen LogP contribution in [0.3, 0.4) is 0 Å². The van der Waals surface area contributed by atoms with E-state index in [0.717, 1.165) is 12.0 Å². The molecule has 34 heavy (non-hydrogen) atoms. The number of hydrogen-bond donors (Lipinski definition) is 1. The molecule has 0 bridgehead atoms. The van der Waals surface area contributed by atoms with E-state index in [0.29, 0.717) is 35.6 Å². The standard InChI is InChI=1S/C30H42O4/c1-16-14-33-30(19(16)4)25(32)18(3)24-22(34-30)13-27(6)23-8-7-20-17(2)21(31)9-10-28(20)15-29(23,28)12-11-26(24,27)5/h9-10,16-18,20,22-25,32H,4,7-8,11-15H2,1-3,5-6H3/t16?,17-,18-,20-,22-,23-,24-,25?,26+,27-,28+,29-,30?/m0/s1. The van der Waals surface area contributed by atoms with Crippen LogP contribution in [-0.4, -0.2) is 35.5 Å². The number of aliphatic hydroxyl groups is 1. The summed E-state index contributed by atoms with van der Waals surface area (Å²) in [6.45, 7) is 16.5. The van der Waals surface area contributed by atoms with Crippen molar-refractivity contribution in [1.29, 1.82) is 0 Å². The van der Waals surface area contributed by atoms with Gasteiger partial charge in [0.2, 0.25) is 5.79 Å². The Morgan fingerprint density at radius 3 is 2.59 bits per heavy atom. The van der Waals surface area contributed by atoms with Gasteiger partial charge in [0.05, 0.1) is 12.7 Å². The van der Waals surface area contributed by atoms with Crippen LogP contribution in [0.1, 0.15) is 73.1 Å². The van der Waals surface area contributed by atoms with Crippen molar-refractivity contribution in [2.45, 2.75) is 91.1 Å². The Bertz CT molecular complexity index is 1020. The fourth-order valence-corrected chi connectivity index (χ4v) is 11.4. The summed E-state index contributed by atoms with van der Waals surface area (Å²) in [6.07, 6.45) is 10.9. The fraction of sp³-hybridized carbons (Fsp3) is 0.833. The van der Waals surface area contributed by atoms with Gasteiger partial charge in [-0.3, -0.25) is 4.79 Å². The van der Waals surface area contributed by atoms with Gasteiger partial charge in [-0.05, 0) is 95.5 Å². The molecular formula is C30H42O4. The highest BCUT2D eigenvalue weighted by atomic mass is 16.7. The molecule has 4 saturated carbocycles. The maximum absolute atomic E-state index is 12.5. The van der Waals surface area contributed by atoms with Gasteiger partial charge in [0.15, 0.2) is 5.78 Å². The molecule has 4 heteroatoms. The summed E-state index contributed by atoms with van der Waals surface area (Å²) in [4.78, 5) is 12.5. The van der Waals surface area contributed by atoms with Crippen LogP contribution in [-0.2, 0) is 14.3 Å². The Balaban J connectivity index is 1.28. The van der Waals surface area contributed by atoms with Crippen molar-refractivity contribution >= 4 is 5.78 Å². The summed E-state index contributed by atoms with van der Waals surface area (Å²) in [7, 11) is 0. The molecule has 0 aromatic heterocycles. The lowest BCUT2D eigenvalue weighted by atomic mass is 9.43. The lowest BCUT2D eigenvalue weighted by molar-refractivity contribution is -0.313. The quantitative estimate of drug-likeness (QED) is 0.492. The average Bonchev–Trinajstić information content (AvgIpc) is 3.31. The molecular weight excluding hydrogens is 424 g/mol. The molecule has 6 fully saturated rings. The molecule has 1 N–H and O–H groups in total. The number of hydrogen-bond acceptors (Lipinski definition) is 4. The molecule has 5 aliphatic carbocycles. The maximum Gasteiger partial charge on any atom is 0.218 e. The van der Waals surface area contributed by atoms with Gasteiger partial charge in [-0.1, -0.05) is 47.3 Å². The van der Waals surface area contributed by atoms with E-state index >= 15 is 0 Å². The van der Waals surface area contributed by atoms with E-state index in [-0.39, 0.29) is 40.1 Å². The second kappa shape index (κ2) is 6.29. The first kappa shape index (κ1) is 22.2. The molecule has 13 atom stereocenters. The Morgan fingerprint density at radius 2 is 1.88 bits per heavy atom. The van der Waals surface area contributed by atoms with E-state index in [9.17, 15) is 9.90 Å². The van der Waals surface area contributed by atoms with Crippen LogP contribution in [0.4, 0.5) is 0 Å². The largest absolute Gasteiger partial charge is 0.387 e. The summed E-state index contributed by atoms with van der Waals surface area (Å²) >= 11 is 0. The molecule has 7 aliphatic rings. The molecule has 0 aromatic rings. The number of ether oxygens (including phenoxy) is 2. The van der Waals surface area contributed by atoms with Crippen LogP contribution < -0.4 is 0 Å². The zero-order chi connectivity index (χ0) is 24.1. The smallest absolute Gasteiger partial charge is 0.218 e. The normalized spacial score (nSPS) is 63.7. The van der Waals surface area contributed by atoms with Crippen molar-refractivity contribution in [2.75, 3.05) is 6.61 Å². The highest BCUT2D eigenvalue weighted by Gasteiger charge is 2.82. The first-order valence-electron chi connectivity index (χ1n) is 13.9. The number of ketones is 1. The van der Waals surface area contributed by atoms with Crippen LogP contribution in [0, 0.1) is 57.2 Å². The summed E-state index contributed by atoms with van der Waals surface area (Å²) in [5.74, 6) is 1.30. The number of allylic oxidation sites excluding steroid dienone is 2. The van der Waals surface area contributed by atoms with Gasteiger partial charge in [0, 0.05) is 11.8 Å². The Morgan fingerprint density at radius 1 is 1.12 bits per heavy atom. The molecule has 0 aromatic carbocycles. The zero-order valence-corrected chi connectivity index (χ0v) is 21.6. The topological polar surface area (TPSA) is 55.8 Å². The minimum atomic E-state index is -1.03. The van der Waals surface area contributed by atoms with Crippen LogP contribution in [0.15, 0.2) is 24.3 Å². The van der Waals surface area contributed by atoms with Crippen molar-refractivity contribution in [3.63, 3.8) is 0 Å². The van der Waals surface area contributed by atoms with Crippen molar-refractivity contribution in [1.82, 2.24) is 0 Å². The summed E-state index contributed by atoms with van der Waals surface area (Å²) < 4.78 is 13.1. The lowest BCUT2D eigenvalue weighted by Crippen LogP contribution is -2.61. The summed E-state index contributed by atoms with van der Waals surface area (Å²) in [5, 5.41) is 11.6. The monoisotopic (exact) mass is 466 g/mol. The van der Waals surface area contributed by atoms with E-state index in [4.69, 9.17) is 9.47 Å². The molecule has 0 amide bonds. The maximum atomic E-state index is 12.5. The molecule has 7 rings (SSSR count). The predicted molar refractivity (Wildman–Crippen MR) is 130 cm³/mol. The van der Waals surface area contributed by atoms with Gasteiger partial charge >= 0.3 is 0 Å². The minimum Gasteiger partial charge on any atom is -0.387 e. The van der Waals surface area contributed by atoms with Gasteiger partial charge in [0.1, 0.15) is 6.10 Å². The third kappa shape index (κ3) is 2.11. The number of aliphatic hydroxyl groups excluding tert-OH is 1. The fourth-order valence-electron chi connectivity index (χ4n) is 11.4. The second-order valence-electron chi connectivity index (χ2n) is 14.1. The molecule has 3 unspecified atom stereocenters. The van der Waals surface area contributed by atoms with E-state index < -0.39 is 11.9 Å². The first-order chi connectivity index (χ1) is 16.0. The Labute approximate surface area is 204 Å². The zero-order valence-electron chi connectivity index (χ0n) is 21.6. The molecule has 2 aliphatic heterocycles. The summed E-state index contributed by atoms with van der Waals surface area (Å²) in [5.41, 5.74) is 1.81. The third-order valence-corrected chi connectivity index (χ3v) is 13.4. The molecule has 2 heterocycles. The van der Waals surface area contributed by atoms with Gasteiger partial charge in [-0.25, -0.2) is 0 Å². The van der Waals surface area contributed by atoms with Crippen LogP contribution >= 0.6 is 0 Å². The number of carbonyl (C=O) groups excluding carboxylic acids is 1. The summed E-state index contributed by atoms with van der Waals surface area (Å²) in [6, 6.07) is 0. The van der Waals surface area contributed by atoms with Crippen LogP contribution in [0.5, 0.6) is 0 Å². The molecule has 0 radical (unpaired) electrons. The van der Waals surface area contributed by atoms with E-state index in [1.54, 1.807) is 0 Å². The van der Waals surface area contributed by atoms with Crippen molar-refractivity contribution in [2.24, 2.45) is 57.2 Å². The minimum absolute atomic E-state index is 0.0976. The van der Waals surface area contributed by atoms with Crippen molar-refractivity contribution < 1.29 is 19.4 Å². The molecule has 2 saturated heterocycles. The third-order valence-electron chi connectivity index (χ3n) is 13.4. The number of carbonyl (C=O) groups is 1. The van der Waals surface area contributed by atoms with E-state index in [1.807, 2.05) is 6.08 Å². The molecule has 3 spiro atoms. The second-order valence-corrected chi connectivity index (χ2v) is 14.1. The van der Waals surface area contributed by atoms with Gasteiger partial charge in [-0.2, -0.15) is 0 Å². The van der Waals surface area contributed by atoms with Crippen LogP contribution in [0.25, 0.3) is 0 Å². The number of fused-ring (bicyclic) bond motifs is 4. The Hall–Kier alpha value is -0.970. The van der Waals surface area contributed by atoms with Crippen molar-refractivity contribution in [3.05, 3.63) is 24.3 Å². The van der Waals surface area contributed by atoms with Crippen molar-refractivity contribution in [3.8, 4) is 0 Å². The number of rotatable bonds is 0. The lowest BCUT2D eigenvalue weighted by Gasteiger charge is -2.61. The SMILES string of the molecule is C=C1C(C)COC12O[C@H]1C[C@@]3(C)[C@@H]4CC[C@H]5[C@H](C)C(=O)C=C[C@@]56C[C@@]46CC[C@]3(C)[C@H]1[C@H](C)C2O.